The predicted octanol–water partition coefficient (Wildman–Crippen LogP) is 5.95. The Kier molecular flexibility index (Phi) is 6.28. The van der Waals surface area contributed by atoms with Gasteiger partial charge < -0.3 is 14.8 Å². The normalized spacial score (nSPS) is 26.7. The summed E-state index contributed by atoms with van der Waals surface area (Å²) in [6.45, 7) is 11.3. The molecule has 1 amide bonds. The highest BCUT2D eigenvalue weighted by atomic mass is 19.1. The minimum absolute atomic E-state index is 0.0515. The minimum Gasteiger partial charge on any atom is -0.496 e. The number of halogens is 1. The lowest BCUT2D eigenvalue weighted by atomic mass is 9.70. The van der Waals surface area contributed by atoms with Crippen molar-refractivity contribution in [2.24, 2.45) is 11.3 Å². The van der Waals surface area contributed by atoms with Gasteiger partial charge in [0.05, 0.1) is 13.2 Å². The van der Waals surface area contributed by atoms with E-state index in [-0.39, 0.29) is 29.5 Å². The maximum atomic E-state index is 15.6. The Hall–Kier alpha value is -2.60. The fraction of sp³-hybridized carbons (Fsp3) is 0.552. The van der Waals surface area contributed by atoms with Gasteiger partial charge in [-0.3, -0.25) is 4.90 Å². The van der Waals surface area contributed by atoms with Gasteiger partial charge in [0.1, 0.15) is 17.7 Å². The Morgan fingerprint density at radius 3 is 2.40 bits per heavy atom. The molecule has 2 aromatic carbocycles. The van der Waals surface area contributed by atoms with Gasteiger partial charge in [-0.05, 0) is 116 Å². The first-order valence-corrected chi connectivity index (χ1v) is 12.8. The number of piperidine rings is 3. The van der Waals surface area contributed by atoms with Crippen LogP contribution in [0, 0.1) is 31.0 Å². The van der Waals surface area contributed by atoms with Crippen LogP contribution in [0.1, 0.15) is 61.4 Å². The van der Waals surface area contributed by atoms with Gasteiger partial charge in [-0.1, -0.05) is 13.8 Å². The molecule has 0 saturated carbocycles. The molecule has 4 aliphatic rings. The van der Waals surface area contributed by atoms with E-state index >= 15 is 4.39 Å². The zero-order chi connectivity index (χ0) is 24.9. The average Bonchev–Trinajstić information content (AvgIpc) is 2.81. The molecule has 2 bridgehead atoms. The van der Waals surface area contributed by atoms with Crippen molar-refractivity contribution in [3.63, 3.8) is 0 Å². The Morgan fingerprint density at radius 2 is 1.80 bits per heavy atom. The summed E-state index contributed by atoms with van der Waals surface area (Å²) >= 11 is 0. The molecule has 6 rings (SSSR count). The van der Waals surface area contributed by atoms with Crippen LogP contribution in [0.3, 0.4) is 0 Å². The van der Waals surface area contributed by atoms with E-state index in [0.29, 0.717) is 11.5 Å². The largest absolute Gasteiger partial charge is 0.496 e. The van der Waals surface area contributed by atoms with Crippen molar-refractivity contribution >= 4 is 6.09 Å². The van der Waals surface area contributed by atoms with Crippen molar-refractivity contribution in [1.29, 1.82) is 0 Å². The number of nitrogens with zero attached hydrogens (tertiary/aromatic N) is 1. The van der Waals surface area contributed by atoms with Crippen LogP contribution in [0.2, 0.25) is 0 Å². The van der Waals surface area contributed by atoms with Crippen LogP contribution in [-0.2, 0) is 11.2 Å². The fourth-order valence-electron chi connectivity index (χ4n) is 6.40. The molecule has 188 valence electrons. The average molecular weight is 481 g/mol. The van der Waals surface area contributed by atoms with Crippen LogP contribution in [0.15, 0.2) is 24.3 Å². The summed E-state index contributed by atoms with van der Waals surface area (Å²) in [5, 5.41) is 3.13. The van der Waals surface area contributed by atoms with Crippen molar-refractivity contribution < 1.29 is 18.7 Å². The SMILES string of the molecule is COc1c(C)cc(-c2cc3c(cc2F)[C@H](NC(=O)O[C@H]2CN4CCC2CC4)C(C)(C)CC3)cc1C. The molecule has 2 aromatic rings. The summed E-state index contributed by atoms with van der Waals surface area (Å²) in [5.74, 6) is 1.01. The van der Waals surface area contributed by atoms with Crippen LogP contribution >= 0.6 is 0 Å². The molecular weight excluding hydrogens is 443 g/mol. The van der Waals surface area contributed by atoms with Crippen LogP contribution in [0.5, 0.6) is 5.75 Å². The third-order valence-electron chi connectivity index (χ3n) is 8.45. The van der Waals surface area contributed by atoms with Crippen LogP contribution in [0.25, 0.3) is 11.1 Å². The molecule has 1 aliphatic carbocycles. The second-order valence-electron chi connectivity index (χ2n) is 11.3. The summed E-state index contributed by atoms with van der Waals surface area (Å²) in [6.07, 6.45) is 3.49. The Balaban J connectivity index is 1.41. The molecule has 1 N–H and O–H groups in total. The van der Waals surface area contributed by atoms with Crippen molar-refractivity contribution in [2.45, 2.75) is 65.5 Å². The third kappa shape index (κ3) is 4.53. The van der Waals surface area contributed by atoms with Gasteiger partial charge in [0.2, 0.25) is 0 Å². The molecule has 3 saturated heterocycles. The van der Waals surface area contributed by atoms with Crippen molar-refractivity contribution in [3.8, 4) is 16.9 Å². The number of fused-ring (bicyclic) bond motifs is 4. The van der Waals surface area contributed by atoms with E-state index in [9.17, 15) is 4.79 Å². The second-order valence-corrected chi connectivity index (χ2v) is 11.3. The highest BCUT2D eigenvalue weighted by molar-refractivity contribution is 5.71. The number of rotatable bonds is 4. The van der Waals surface area contributed by atoms with Crippen molar-refractivity contribution in [3.05, 3.63) is 52.3 Å². The zero-order valence-corrected chi connectivity index (χ0v) is 21.5. The van der Waals surface area contributed by atoms with Gasteiger partial charge >= 0.3 is 6.09 Å². The van der Waals surface area contributed by atoms with Crippen molar-refractivity contribution in [1.82, 2.24) is 10.2 Å². The number of benzene rings is 2. The molecule has 0 spiro atoms. The minimum atomic E-state index is -0.388. The van der Waals surface area contributed by atoms with Crippen LogP contribution < -0.4 is 10.1 Å². The van der Waals surface area contributed by atoms with Crippen molar-refractivity contribution in [2.75, 3.05) is 26.7 Å². The first-order chi connectivity index (χ1) is 16.7. The van der Waals surface area contributed by atoms with Gasteiger partial charge in [-0.15, -0.1) is 0 Å². The maximum Gasteiger partial charge on any atom is 0.407 e. The Bertz CT molecular complexity index is 1110. The zero-order valence-electron chi connectivity index (χ0n) is 21.5. The second kappa shape index (κ2) is 9.12. The number of carbonyl (C=O) groups excluding carboxylic acids is 1. The first-order valence-electron chi connectivity index (χ1n) is 12.8. The number of aryl methyl sites for hydroxylation is 3. The van der Waals surface area contributed by atoms with E-state index < -0.39 is 0 Å². The van der Waals surface area contributed by atoms with Crippen LogP contribution in [-0.4, -0.2) is 43.8 Å². The standard InChI is InChI=1S/C29H37FN2O3/c1-17-12-21(13-18(2)26(17)34-5)22-14-20-6-9-29(3,4)27(23(20)15-24(22)30)31-28(33)35-25-16-32-10-7-19(25)8-11-32/h12-15,19,25,27H,6-11,16H2,1-5H3,(H,31,33)/t25-,27-/m0/s1. The first kappa shape index (κ1) is 24.1. The smallest absolute Gasteiger partial charge is 0.407 e. The molecule has 3 fully saturated rings. The number of hydrogen-bond acceptors (Lipinski definition) is 4. The van der Waals surface area contributed by atoms with E-state index in [4.69, 9.17) is 9.47 Å². The predicted molar refractivity (Wildman–Crippen MR) is 135 cm³/mol. The van der Waals surface area contributed by atoms with E-state index in [0.717, 1.165) is 78.9 Å². The van der Waals surface area contributed by atoms with E-state index in [2.05, 4.69) is 24.1 Å². The Labute approximate surface area is 208 Å². The molecule has 3 heterocycles. The third-order valence-corrected chi connectivity index (χ3v) is 8.45. The molecule has 3 aliphatic heterocycles. The van der Waals surface area contributed by atoms with Gasteiger partial charge in [-0.25, -0.2) is 9.18 Å². The lowest BCUT2D eigenvalue weighted by molar-refractivity contribution is -0.0353. The summed E-state index contributed by atoms with van der Waals surface area (Å²) in [5.41, 5.74) is 5.13. The molecule has 6 heteroatoms. The summed E-state index contributed by atoms with van der Waals surface area (Å²) in [7, 11) is 1.66. The number of hydrogen-bond donors (Lipinski definition) is 1. The topological polar surface area (TPSA) is 50.8 Å². The molecule has 2 atom stereocenters. The number of amides is 1. The maximum absolute atomic E-state index is 15.6. The summed E-state index contributed by atoms with van der Waals surface area (Å²) in [4.78, 5) is 15.4. The highest BCUT2D eigenvalue weighted by Crippen LogP contribution is 2.45. The summed E-state index contributed by atoms with van der Waals surface area (Å²) < 4.78 is 27.0. The van der Waals surface area contributed by atoms with Gasteiger partial charge in [-0.2, -0.15) is 0 Å². The van der Waals surface area contributed by atoms with E-state index in [1.165, 1.54) is 0 Å². The van der Waals surface area contributed by atoms with Gasteiger partial charge in [0.25, 0.3) is 0 Å². The lowest BCUT2D eigenvalue weighted by Crippen LogP contribution is -2.53. The monoisotopic (exact) mass is 480 g/mol. The number of alkyl carbamates (subject to hydrolysis) is 1. The van der Waals surface area contributed by atoms with Crippen LogP contribution in [0.4, 0.5) is 9.18 Å². The molecule has 35 heavy (non-hydrogen) atoms. The molecule has 0 aromatic heterocycles. The molecule has 0 radical (unpaired) electrons. The highest BCUT2D eigenvalue weighted by Gasteiger charge is 2.40. The van der Waals surface area contributed by atoms with Gasteiger partial charge in [0, 0.05) is 12.1 Å². The number of nitrogens with one attached hydrogen (secondary N) is 1. The number of methoxy groups -OCH3 is 1. The number of carbonyl (C=O) groups is 1. The van der Waals surface area contributed by atoms with E-state index in [1.54, 1.807) is 13.2 Å². The fourth-order valence-corrected chi connectivity index (χ4v) is 6.40. The molecule has 5 nitrogen and oxygen atoms in total. The molecule has 0 unspecified atom stereocenters. The molecular formula is C29H37FN2O3. The number of ether oxygens (including phenoxy) is 2. The lowest BCUT2D eigenvalue weighted by Gasteiger charge is -2.44. The summed E-state index contributed by atoms with van der Waals surface area (Å²) in [6, 6.07) is 7.24. The Morgan fingerprint density at radius 1 is 1.11 bits per heavy atom. The van der Waals surface area contributed by atoms with E-state index in [1.807, 2.05) is 32.0 Å². The quantitative estimate of drug-likeness (QED) is 0.587. The van der Waals surface area contributed by atoms with Gasteiger partial charge in [0.15, 0.2) is 0 Å².